The van der Waals surface area contributed by atoms with Crippen LogP contribution in [-0.2, 0) is 4.79 Å². The quantitative estimate of drug-likeness (QED) is 0.874. The SMILES string of the molecule is Cc1nc(-c2cc(Cl)cc(C(=O)NCCC(=O)O)c2)no1. The largest absolute Gasteiger partial charge is 0.481 e. The first-order valence-corrected chi connectivity index (χ1v) is 6.45. The predicted molar refractivity (Wildman–Crippen MR) is 74.1 cm³/mol. The molecule has 0 atom stereocenters. The van der Waals surface area contributed by atoms with Gasteiger partial charge in [0, 0.05) is 29.6 Å². The molecule has 0 unspecified atom stereocenters. The number of halogens is 1. The standard InChI is InChI=1S/C13H12ClN3O4/c1-7-16-12(17-21-7)8-4-9(6-10(14)5-8)13(20)15-3-2-11(18)19/h4-6H,2-3H2,1H3,(H,15,20)(H,18,19). The van der Waals surface area contributed by atoms with E-state index in [0.29, 0.717) is 27.9 Å². The van der Waals surface area contributed by atoms with Crippen LogP contribution in [0.4, 0.5) is 0 Å². The third kappa shape index (κ3) is 4.03. The Bertz CT molecular complexity index is 684. The Morgan fingerprint density at radius 2 is 2.14 bits per heavy atom. The van der Waals surface area contributed by atoms with Crippen LogP contribution in [0.5, 0.6) is 0 Å². The van der Waals surface area contributed by atoms with E-state index in [4.69, 9.17) is 21.2 Å². The number of hydrogen-bond donors (Lipinski definition) is 2. The Hall–Kier alpha value is -2.41. The van der Waals surface area contributed by atoms with Crippen molar-refractivity contribution in [2.24, 2.45) is 0 Å². The first-order chi connectivity index (χ1) is 9.95. The van der Waals surface area contributed by atoms with Crippen molar-refractivity contribution in [2.45, 2.75) is 13.3 Å². The zero-order valence-electron chi connectivity index (χ0n) is 11.1. The van der Waals surface area contributed by atoms with E-state index in [1.807, 2.05) is 0 Å². The van der Waals surface area contributed by atoms with Crippen LogP contribution in [0, 0.1) is 6.92 Å². The number of aliphatic carboxylic acids is 1. The molecule has 0 radical (unpaired) electrons. The summed E-state index contributed by atoms with van der Waals surface area (Å²) in [4.78, 5) is 26.4. The van der Waals surface area contributed by atoms with Gasteiger partial charge in [0.1, 0.15) is 0 Å². The van der Waals surface area contributed by atoms with Crippen LogP contribution in [0.25, 0.3) is 11.4 Å². The molecule has 1 heterocycles. The second-order valence-electron chi connectivity index (χ2n) is 4.27. The van der Waals surface area contributed by atoms with E-state index >= 15 is 0 Å². The van der Waals surface area contributed by atoms with Crippen molar-refractivity contribution in [2.75, 3.05) is 6.54 Å². The van der Waals surface area contributed by atoms with Crippen molar-refractivity contribution in [3.63, 3.8) is 0 Å². The number of aryl methyl sites for hydroxylation is 1. The molecule has 2 N–H and O–H groups in total. The first kappa shape index (κ1) is 15.0. The van der Waals surface area contributed by atoms with Gasteiger partial charge in [-0.3, -0.25) is 9.59 Å². The van der Waals surface area contributed by atoms with Crippen LogP contribution in [-0.4, -0.2) is 33.7 Å². The first-order valence-electron chi connectivity index (χ1n) is 6.07. The number of nitrogens with zero attached hydrogens (tertiary/aromatic N) is 2. The van der Waals surface area contributed by atoms with Crippen molar-refractivity contribution in [1.82, 2.24) is 15.5 Å². The highest BCUT2D eigenvalue weighted by Crippen LogP contribution is 2.22. The van der Waals surface area contributed by atoms with Gasteiger partial charge in [-0.1, -0.05) is 16.8 Å². The number of rotatable bonds is 5. The number of benzene rings is 1. The molecule has 0 saturated heterocycles. The van der Waals surface area contributed by atoms with Crippen LogP contribution in [0.3, 0.4) is 0 Å². The second kappa shape index (κ2) is 6.36. The summed E-state index contributed by atoms with van der Waals surface area (Å²) in [6.45, 7) is 1.69. The number of carboxylic acids is 1. The van der Waals surface area contributed by atoms with E-state index < -0.39 is 11.9 Å². The van der Waals surface area contributed by atoms with Gasteiger partial charge >= 0.3 is 5.97 Å². The third-order valence-electron chi connectivity index (χ3n) is 2.57. The fourth-order valence-electron chi connectivity index (χ4n) is 1.65. The number of nitrogens with one attached hydrogen (secondary N) is 1. The highest BCUT2D eigenvalue weighted by Gasteiger charge is 2.12. The Kier molecular flexibility index (Phi) is 4.54. The summed E-state index contributed by atoms with van der Waals surface area (Å²) < 4.78 is 4.88. The minimum Gasteiger partial charge on any atom is -0.481 e. The fraction of sp³-hybridized carbons (Fsp3) is 0.231. The summed E-state index contributed by atoms with van der Waals surface area (Å²) in [6.07, 6.45) is -0.150. The van der Waals surface area contributed by atoms with Gasteiger partial charge in [-0.2, -0.15) is 4.98 Å². The van der Waals surface area contributed by atoms with E-state index in [9.17, 15) is 9.59 Å². The van der Waals surface area contributed by atoms with E-state index in [0.717, 1.165) is 0 Å². The molecule has 0 spiro atoms. The van der Waals surface area contributed by atoms with E-state index in [1.54, 1.807) is 19.1 Å². The maximum Gasteiger partial charge on any atom is 0.305 e. The molecule has 0 bridgehead atoms. The molecule has 2 aromatic rings. The van der Waals surface area contributed by atoms with Gasteiger partial charge in [-0.15, -0.1) is 0 Å². The molecule has 0 fully saturated rings. The highest BCUT2D eigenvalue weighted by molar-refractivity contribution is 6.31. The average molecular weight is 310 g/mol. The van der Waals surface area contributed by atoms with Crippen LogP contribution in [0.15, 0.2) is 22.7 Å². The minimum absolute atomic E-state index is 0.0390. The molecule has 7 nitrogen and oxygen atoms in total. The molecular formula is C13H12ClN3O4. The van der Waals surface area contributed by atoms with Crippen molar-refractivity contribution in [1.29, 1.82) is 0 Å². The molecule has 8 heteroatoms. The minimum atomic E-state index is -0.982. The smallest absolute Gasteiger partial charge is 0.305 e. The molecule has 1 amide bonds. The summed E-state index contributed by atoms with van der Waals surface area (Å²) in [5.41, 5.74) is 0.841. The molecule has 1 aromatic heterocycles. The predicted octanol–water partition coefficient (Wildman–Crippen LogP) is 1.90. The zero-order valence-corrected chi connectivity index (χ0v) is 11.8. The normalized spacial score (nSPS) is 10.4. The van der Waals surface area contributed by atoms with Gasteiger partial charge in [-0.05, 0) is 18.2 Å². The van der Waals surface area contributed by atoms with Gasteiger partial charge < -0.3 is 14.9 Å². The molecule has 0 aliphatic carbocycles. The maximum absolute atomic E-state index is 11.9. The van der Waals surface area contributed by atoms with Gasteiger partial charge in [-0.25, -0.2) is 0 Å². The lowest BCUT2D eigenvalue weighted by Crippen LogP contribution is -2.26. The molecule has 110 valence electrons. The monoisotopic (exact) mass is 309 g/mol. The van der Waals surface area contributed by atoms with Crippen LogP contribution < -0.4 is 5.32 Å². The lowest BCUT2D eigenvalue weighted by Gasteiger charge is -2.05. The van der Waals surface area contributed by atoms with Crippen molar-refractivity contribution in [3.05, 3.63) is 34.7 Å². The van der Waals surface area contributed by atoms with Crippen molar-refractivity contribution >= 4 is 23.5 Å². The van der Waals surface area contributed by atoms with Crippen molar-refractivity contribution < 1.29 is 19.2 Å². The number of carbonyl (C=O) groups excluding carboxylic acids is 1. The summed E-state index contributed by atoms with van der Waals surface area (Å²) in [5, 5.41) is 15.1. The Labute approximate surface area is 124 Å². The number of hydrogen-bond acceptors (Lipinski definition) is 5. The molecule has 21 heavy (non-hydrogen) atoms. The highest BCUT2D eigenvalue weighted by atomic mass is 35.5. The van der Waals surface area contributed by atoms with E-state index in [1.165, 1.54) is 6.07 Å². The molecule has 0 aliphatic rings. The van der Waals surface area contributed by atoms with Gasteiger partial charge in [0.25, 0.3) is 5.91 Å². The van der Waals surface area contributed by atoms with Crippen LogP contribution in [0.1, 0.15) is 22.7 Å². The van der Waals surface area contributed by atoms with Crippen LogP contribution >= 0.6 is 11.6 Å². The Balaban J connectivity index is 2.18. The number of amides is 1. The number of aromatic nitrogens is 2. The lowest BCUT2D eigenvalue weighted by atomic mass is 10.1. The molecule has 0 saturated carbocycles. The van der Waals surface area contributed by atoms with Gasteiger partial charge in [0.15, 0.2) is 0 Å². The molecular weight excluding hydrogens is 298 g/mol. The van der Waals surface area contributed by atoms with Gasteiger partial charge in [0.2, 0.25) is 11.7 Å². The van der Waals surface area contributed by atoms with Gasteiger partial charge in [0.05, 0.1) is 6.42 Å². The summed E-state index contributed by atoms with van der Waals surface area (Å²) in [6, 6.07) is 4.65. The molecule has 2 rings (SSSR count). The van der Waals surface area contributed by atoms with Crippen molar-refractivity contribution in [3.8, 4) is 11.4 Å². The third-order valence-corrected chi connectivity index (χ3v) is 2.79. The molecule has 0 aliphatic heterocycles. The Morgan fingerprint density at radius 3 is 2.76 bits per heavy atom. The van der Waals surface area contributed by atoms with Crippen LogP contribution in [0.2, 0.25) is 5.02 Å². The maximum atomic E-state index is 11.9. The zero-order chi connectivity index (χ0) is 15.4. The topological polar surface area (TPSA) is 105 Å². The average Bonchev–Trinajstić information content (AvgIpc) is 2.84. The van der Waals surface area contributed by atoms with E-state index in [-0.39, 0.29) is 13.0 Å². The number of carbonyl (C=O) groups is 2. The van der Waals surface area contributed by atoms with E-state index in [2.05, 4.69) is 15.5 Å². The number of carboxylic acid groups (broad SMARTS) is 1. The molecule has 1 aromatic carbocycles. The summed E-state index contributed by atoms with van der Waals surface area (Å²) in [7, 11) is 0. The second-order valence-corrected chi connectivity index (χ2v) is 4.70. The fourth-order valence-corrected chi connectivity index (χ4v) is 1.89. The Morgan fingerprint density at radius 1 is 1.38 bits per heavy atom. The summed E-state index contributed by atoms with van der Waals surface area (Å²) in [5.74, 6) is -0.670. The summed E-state index contributed by atoms with van der Waals surface area (Å²) >= 11 is 5.97. The lowest BCUT2D eigenvalue weighted by molar-refractivity contribution is -0.136.